The number of carbonyl (C=O) groups is 1. The first-order chi connectivity index (χ1) is 14.4. The summed E-state index contributed by atoms with van der Waals surface area (Å²) in [6, 6.07) is 6.92. The van der Waals surface area contributed by atoms with Gasteiger partial charge in [-0.2, -0.15) is 0 Å². The molecule has 1 saturated carbocycles. The van der Waals surface area contributed by atoms with Gasteiger partial charge in [0.05, 0.1) is 25.7 Å². The first kappa shape index (κ1) is 24.2. The fourth-order valence-corrected chi connectivity index (χ4v) is 3.58. The Balaban J connectivity index is 1.86. The Morgan fingerprint density at radius 3 is 2.77 bits per heavy atom. The summed E-state index contributed by atoms with van der Waals surface area (Å²) in [4.78, 5) is 11.0. The van der Waals surface area contributed by atoms with Crippen LogP contribution in [0.2, 0.25) is 5.02 Å². The van der Waals surface area contributed by atoms with Crippen LogP contribution in [0.15, 0.2) is 60.7 Å². The second kappa shape index (κ2) is 12.5. The molecule has 0 aliphatic heterocycles. The van der Waals surface area contributed by atoms with Crippen molar-refractivity contribution in [3.05, 3.63) is 65.7 Å². The van der Waals surface area contributed by atoms with Crippen molar-refractivity contribution in [3.63, 3.8) is 0 Å². The molecule has 0 spiro atoms. The Bertz CT molecular complexity index is 760. The molecule has 2 rings (SSSR count). The number of ether oxygens (including phenoxy) is 2. The van der Waals surface area contributed by atoms with Crippen molar-refractivity contribution in [2.75, 3.05) is 13.7 Å². The number of allylic oxidation sites excluding steroid dienone is 3. The first-order valence-corrected chi connectivity index (χ1v) is 10.3. The van der Waals surface area contributed by atoms with Gasteiger partial charge in [-0.1, -0.05) is 54.1 Å². The maximum absolute atomic E-state index is 11.0. The van der Waals surface area contributed by atoms with Crippen LogP contribution in [0.25, 0.3) is 0 Å². The number of carbonyl (C=O) groups excluding carboxylic acids is 1. The Hall–Kier alpha value is -2.12. The number of benzene rings is 1. The SMILES string of the molecule is COC(=O)CC=CC=CCC1C(O)CC(O)[C@H]1C=C[C@@H](O)COc1cccc(Cl)c1. The maximum Gasteiger partial charge on any atom is 0.309 e. The highest BCUT2D eigenvalue weighted by Crippen LogP contribution is 2.36. The highest BCUT2D eigenvalue weighted by Gasteiger charge is 2.39. The van der Waals surface area contributed by atoms with Crippen molar-refractivity contribution in [2.24, 2.45) is 11.8 Å². The number of aliphatic hydroxyl groups is 3. The number of rotatable bonds is 10. The Kier molecular flexibility index (Phi) is 10.1. The summed E-state index contributed by atoms with van der Waals surface area (Å²) in [6.45, 7) is 0.0533. The van der Waals surface area contributed by atoms with Crippen LogP contribution in [0.1, 0.15) is 19.3 Å². The zero-order chi connectivity index (χ0) is 21.9. The third-order valence-corrected chi connectivity index (χ3v) is 5.23. The predicted octanol–water partition coefficient (Wildman–Crippen LogP) is 3.06. The van der Waals surface area contributed by atoms with E-state index in [-0.39, 0.29) is 30.8 Å². The van der Waals surface area contributed by atoms with Crippen molar-refractivity contribution in [1.82, 2.24) is 0 Å². The fourth-order valence-electron chi connectivity index (χ4n) is 3.40. The molecule has 1 aromatic carbocycles. The van der Waals surface area contributed by atoms with E-state index < -0.39 is 18.3 Å². The molecule has 0 amide bonds. The van der Waals surface area contributed by atoms with Crippen LogP contribution in [0, 0.1) is 11.8 Å². The second-order valence-electron chi connectivity index (χ2n) is 7.20. The van der Waals surface area contributed by atoms with Crippen molar-refractivity contribution < 1.29 is 29.6 Å². The molecular weight excluding hydrogens is 408 g/mol. The fraction of sp³-hybridized carbons (Fsp3) is 0.435. The van der Waals surface area contributed by atoms with Gasteiger partial charge in [0, 0.05) is 17.4 Å². The van der Waals surface area contributed by atoms with E-state index in [1.807, 2.05) is 6.08 Å². The van der Waals surface area contributed by atoms with Crippen LogP contribution in [0.4, 0.5) is 0 Å². The molecule has 0 bridgehead atoms. The molecule has 6 nitrogen and oxygen atoms in total. The minimum Gasteiger partial charge on any atom is -0.491 e. The number of aliphatic hydroxyl groups excluding tert-OH is 3. The zero-order valence-electron chi connectivity index (χ0n) is 16.9. The van der Waals surface area contributed by atoms with E-state index in [1.165, 1.54) is 7.11 Å². The van der Waals surface area contributed by atoms with Gasteiger partial charge < -0.3 is 24.8 Å². The third-order valence-electron chi connectivity index (χ3n) is 4.99. The van der Waals surface area contributed by atoms with Gasteiger partial charge in [0.1, 0.15) is 18.5 Å². The molecule has 0 heterocycles. The summed E-state index contributed by atoms with van der Waals surface area (Å²) >= 11 is 5.91. The Labute approximate surface area is 182 Å². The van der Waals surface area contributed by atoms with Gasteiger partial charge in [0.25, 0.3) is 0 Å². The highest BCUT2D eigenvalue weighted by atomic mass is 35.5. The highest BCUT2D eigenvalue weighted by molar-refractivity contribution is 6.30. The van der Waals surface area contributed by atoms with Crippen LogP contribution in [0.5, 0.6) is 5.75 Å². The summed E-state index contributed by atoms with van der Waals surface area (Å²) in [5, 5.41) is 31.3. The van der Waals surface area contributed by atoms with Crippen LogP contribution < -0.4 is 4.74 Å². The van der Waals surface area contributed by atoms with Crippen LogP contribution in [-0.4, -0.2) is 53.3 Å². The molecule has 0 radical (unpaired) electrons. The molecule has 164 valence electrons. The van der Waals surface area contributed by atoms with Gasteiger partial charge in [-0.3, -0.25) is 4.79 Å². The number of methoxy groups -OCH3 is 1. The number of hydrogen-bond donors (Lipinski definition) is 3. The summed E-state index contributed by atoms with van der Waals surface area (Å²) in [5.41, 5.74) is 0. The average Bonchev–Trinajstić information content (AvgIpc) is 2.99. The van der Waals surface area contributed by atoms with E-state index in [0.717, 1.165) is 0 Å². The van der Waals surface area contributed by atoms with E-state index in [9.17, 15) is 20.1 Å². The lowest BCUT2D eigenvalue weighted by Gasteiger charge is -2.19. The van der Waals surface area contributed by atoms with E-state index in [2.05, 4.69) is 4.74 Å². The molecule has 3 unspecified atom stereocenters. The summed E-state index contributed by atoms with van der Waals surface area (Å²) in [6.07, 6.45) is 9.36. The maximum atomic E-state index is 11.0. The number of esters is 1. The lowest BCUT2D eigenvalue weighted by Crippen LogP contribution is -2.21. The molecule has 3 N–H and O–H groups in total. The van der Waals surface area contributed by atoms with Crippen LogP contribution >= 0.6 is 11.6 Å². The molecule has 0 aromatic heterocycles. The Morgan fingerprint density at radius 1 is 1.27 bits per heavy atom. The van der Waals surface area contributed by atoms with E-state index in [0.29, 0.717) is 23.6 Å². The van der Waals surface area contributed by atoms with Gasteiger partial charge in [-0.15, -0.1) is 0 Å². The van der Waals surface area contributed by atoms with Gasteiger partial charge in [-0.05, 0) is 30.5 Å². The predicted molar refractivity (Wildman–Crippen MR) is 115 cm³/mol. The van der Waals surface area contributed by atoms with E-state index >= 15 is 0 Å². The lowest BCUT2D eigenvalue weighted by molar-refractivity contribution is -0.139. The van der Waals surface area contributed by atoms with Crippen LogP contribution in [-0.2, 0) is 9.53 Å². The quantitative estimate of drug-likeness (QED) is 0.296. The topological polar surface area (TPSA) is 96.2 Å². The average molecular weight is 437 g/mol. The minimum absolute atomic E-state index is 0.0533. The number of hydrogen-bond acceptors (Lipinski definition) is 6. The third kappa shape index (κ3) is 7.95. The normalized spacial score (nSPS) is 25.4. The Morgan fingerprint density at radius 2 is 2.03 bits per heavy atom. The molecule has 30 heavy (non-hydrogen) atoms. The van der Waals surface area contributed by atoms with Gasteiger partial charge in [0.15, 0.2) is 0 Å². The van der Waals surface area contributed by atoms with Gasteiger partial charge in [0.2, 0.25) is 0 Å². The molecule has 7 heteroatoms. The van der Waals surface area contributed by atoms with E-state index in [1.54, 1.807) is 54.6 Å². The molecule has 5 atom stereocenters. The molecule has 1 aliphatic carbocycles. The number of halogens is 1. The molecule has 1 fully saturated rings. The van der Waals surface area contributed by atoms with Crippen molar-refractivity contribution in [3.8, 4) is 5.75 Å². The summed E-state index contributed by atoms with van der Waals surface area (Å²) in [7, 11) is 1.34. The van der Waals surface area contributed by atoms with Crippen LogP contribution in [0.3, 0.4) is 0 Å². The first-order valence-electron chi connectivity index (χ1n) is 9.90. The molecule has 1 aliphatic rings. The summed E-state index contributed by atoms with van der Waals surface area (Å²) in [5.74, 6) is -0.182. The van der Waals surface area contributed by atoms with Crippen molar-refractivity contribution in [1.29, 1.82) is 0 Å². The lowest BCUT2D eigenvalue weighted by atomic mass is 9.90. The smallest absolute Gasteiger partial charge is 0.309 e. The van der Waals surface area contributed by atoms with Gasteiger partial charge >= 0.3 is 5.97 Å². The standard InChI is InChI=1S/C23H29ClO6/c1-29-23(28)10-5-3-2-4-9-19-20(22(27)14-21(19)26)12-11-17(25)15-30-18-8-6-7-16(24)13-18/h2-8,11-13,17,19-22,25-27H,9-10,14-15H2,1H3/t17-,19?,20+,21?,22?/m1/s1. The minimum atomic E-state index is -0.855. The zero-order valence-corrected chi connectivity index (χ0v) is 17.7. The molecule has 1 aromatic rings. The van der Waals surface area contributed by atoms with E-state index in [4.69, 9.17) is 16.3 Å². The molecule has 0 saturated heterocycles. The van der Waals surface area contributed by atoms with Crippen molar-refractivity contribution >= 4 is 17.6 Å². The van der Waals surface area contributed by atoms with Crippen molar-refractivity contribution in [2.45, 2.75) is 37.6 Å². The molecular formula is C23H29ClO6. The van der Waals surface area contributed by atoms with Gasteiger partial charge in [-0.25, -0.2) is 0 Å². The summed E-state index contributed by atoms with van der Waals surface area (Å²) < 4.78 is 10.1. The monoisotopic (exact) mass is 436 g/mol. The second-order valence-corrected chi connectivity index (χ2v) is 7.64. The largest absolute Gasteiger partial charge is 0.491 e.